The third-order valence-corrected chi connectivity index (χ3v) is 4.80. The average molecular weight is 329 g/mol. The maximum Gasteiger partial charge on any atom is 0.251 e. The monoisotopic (exact) mass is 328 g/mol. The molecule has 1 aromatic rings. The molecule has 0 spiro atoms. The predicted molar refractivity (Wildman–Crippen MR) is 81.0 cm³/mol. The van der Waals surface area contributed by atoms with Crippen molar-refractivity contribution in [1.82, 2.24) is 5.32 Å². The first-order valence-electron chi connectivity index (χ1n) is 6.11. The molecule has 1 saturated heterocycles. The number of nitrogen functional groups attached to an aromatic ring is 1. The van der Waals surface area contributed by atoms with Gasteiger partial charge >= 0.3 is 0 Å². The number of hydrogen-bond donors (Lipinski definition) is 2. The van der Waals surface area contributed by atoms with E-state index in [1.54, 1.807) is 18.2 Å². The summed E-state index contributed by atoms with van der Waals surface area (Å²) in [4.78, 5) is 12.0. The van der Waals surface area contributed by atoms with Crippen LogP contribution in [0.2, 0.25) is 0 Å². The minimum atomic E-state index is -0.0471. The highest BCUT2D eigenvalue weighted by Crippen LogP contribution is 2.24. The smallest absolute Gasteiger partial charge is 0.251 e. The van der Waals surface area contributed by atoms with Crippen molar-refractivity contribution in [3.8, 4) is 0 Å². The van der Waals surface area contributed by atoms with Gasteiger partial charge in [0.05, 0.1) is 0 Å². The summed E-state index contributed by atoms with van der Waals surface area (Å²) in [5.74, 6) is 1.17. The second-order valence-electron chi connectivity index (χ2n) is 4.47. The fourth-order valence-corrected chi connectivity index (χ4v) is 3.77. The van der Waals surface area contributed by atoms with Gasteiger partial charge in [0.1, 0.15) is 0 Å². The first-order valence-corrected chi connectivity index (χ1v) is 7.95. The average Bonchev–Trinajstić information content (AvgIpc) is 2.36. The van der Waals surface area contributed by atoms with E-state index in [4.69, 9.17) is 5.73 Å². The number of hydrogen-bond acceptors (Lipinski definition) is 3. The molecule has 1 heterocycles. The molecule has 1 amide bonds. The predicted octanol–water partition coefficient (Wildman–Crippen LogP) is 3.05. The summed E-state index contributed by atoms with van der Waals surface area (Å²) in [5, 5.41) is 3.55. The molecule has 1 aliphatic rings. The van der Waals surface area contributed by atoms with Crippen molar-refractivity contribution in [1.29, 1.82) is 0 Å². The molecule has 0 aliphatic carbocycles. The minimum absolute atomic E-state index is 0.0471. The van der Waals surface area contributed by atoms with E-state index >= 15 is 0 Å². The summed E-state index contributed by atoms with van der Waals surface area (Å²) in [5.41, 5.74) is 6.93. The second-order valence-corrected chi connectivity index (χ2v) is 6.80. The summed E-state index contributed by atoms with van der Waals surface area (Å²) in [6.45, 7) is 0.746. The van der Waals surface area contributed by atoms with Crippen molar-refractivity contribution in [2.75, 3.05) is 18.0 Å². The molecule has 1 aliphatic heterocycles. The third-order valence-electron chi connectivity index (χ3n) is 2.95. The largest absolute Gasteiger partial charge is 0.399 e. The van der Waals surface area contributed by atoms with Crippen LogP contribution in [0.15, 0.2) is 22.7 Å². The number of amides is 1. The Labute approximate surface area is 120 Å². The lowest BCUT2D eigenvalue weighted by molar-refractivity contribution is 0.0953. The zero-order valence-corrected chi connectivity index (χ0v) is 12.5. The van der Waals surface area contributed by atoms with Gasteiger partial charge in [0.25, 0.3) is 5.91 Å². The van der Waals surface area contributed by atoms with Gasteiger partial charge in [-0.1, -0.05) is 22.4 Å². The Morgan fingerprint density at radius 3 is 2.94 bits per heavy atom. The number of halogens is 1. The van der Waals surface area contributed by atoms with E-state index < -0.39 is 0 Å². The van der Waals surface area contributed by atoms with Crippen LogP contribution < -0.4 is 11.1 Å². The van der Waals surface area contributed by atoms with E-state index in [0.29, 0.717) is 16.5 Å². The van der Waals surface area contributed by atoms with Crippen LogP contribution in [0, 0.1) is 0 Å². The first-order chi connectivity index (χ1) is 8.65. The maximum absolute atomic E-state index is 12.0. The zero-order chi connectivity index (χ0) is 13.0. The standard InChI is InChI=1S/C13H17BrN2OS/c14-10-5-9(6-11(15)7-10)13(17)16-8-12-3-1-2-4-18-12/h5-7,12H,1-4,8,15H2,(H,16,17). The van der Waals surface area contributed by atoms with Crippen molar-refractivity contribution >= 4 is 39.3 Å². The van der Waals surface area contributed by atoms with Crippen LogP contribution in [0.5, 0.6) is 0 Å². The molecule has 0 radical (unpaired) electrons. The quantitative estimate of drug-likeness (QED) is 0.838. The molecule has 0 bridgehead atoms. The Bertz CT molecular complexity index is 413. The van der Waals surface area contributed by atoms with Crippen LogP contribution in [0.4, 0.5) is 5.69 Å². The lowest BCUT2D eigenvalue weighted by Gasteiger charge is -2.21. The molecule has 3 N–H and O–H groups in total. The van der Waals surface area contributed by atoms with E-state index in [-0.39, 0.29) is 5.91 Å². The van der Waals surface area contributed by atoms with Crippen LogP contribution in [0.1, 0.15) is 29.6 Å². The fraction of sp³-hybridized carbons (Fsp3) is 0.462. The van der Waals surface area contributed by atoms with E-state index in [1.807, 2.05) is 11.8 Å². The molecule has 1 fully saturated rings. The fourth-order valence-electron chi connectivity index (χ4n) is 2.02. The third kappa shape index (κ3) is 3.92. The number of benzene rings is 1. The highest BCUT2D eigenvalue weighted by Gasteiger charge is 2.15. The lowest BCUT2D eigenvalue weighted by Crippen LogP contribution is -2.31. The normalized spacial score (nSPS) is 19.5. The zero-order valence-electron chi connectivity index (χ0n) is 10.1. The van der Waals surface area contributed by atoms with Gasteiger partial charge in [-0.05, 0) is 36.8 Å². The lowest BCUT2D eigenvalue weighted by atomic mass is 10.1. The molecule has 3 nitrogen and oxygen atoms in total. The molecule has 1 atom stereocenters. The van der Waals surface area contributed by atoms with Gasteiger partial charge in [0, 0.05) is 27.5 Å². The second kappa shape index (κ2) is 6.48. The molecule has 1 unspecified atom stereocenters. The van der Waals surface area contributed by atoms with Crippen LogP contribution in [-0.4, -0.2) is 23.5 Å². The summed E-state index contributed by atoms with van der Waals surface area (Å²) in [6, 6.07) is 5.28. The Morgan fingerprint density at radius 2 is 2.28 bits per heavy atom. The summed E-state index contributed by atoms with van der Waals surface area (Å²) < 4.78 is 0.833. The number of anilines is 1. The summed E-state index contributed by atoms with van der Waals surface area (Å²) >= 11 is 5.30. The van der Waals surface area contributed by atoms with Gasteiger partial charge < -0.3 is 11.1 Å². The minimum Gasteiger partial charge on any atom is -0.399 e. The van der Waals surface area contributed by atoms with Gasteiger partial charge in [0.2, 0.25) is 0 Å². The molecule has 5 heteroatoms. The highest BCUT2D eigenvalue weighted by atomic mass is 79.9. The van der Waals surface area contributed by atoms with Gasteiger partial charge in [-0.3, -0.25) is 4.79 Å². The Kier molecular flexibility index (Phi) is 4.95. The topological polar surface area (TPSA) is 55.1 Å². The van der Waals surface area contributed by atoms with Crippen molar-refractivity contribution < 1.29 is 4.79 Å². The van der Waals surface area contributed by atoms with Crippen molar-refractivity contribution in [2.24, 2.45) is 0 Å². The summed E-state index contributed by atoms with van der Waals surface area (Å²) in [6.07, 6.45) is 3.78. The van der Waals surface area contributed by atoms with Crippen LogP contribution in [0.25, 0.3) is 0 Å². The molecule has 0 aromatic heterocycles. The van der Waals surface area contributed by atoms with Crippen molar-refractivity contribution in [3.63, 3.8) is 0 Å². The number of thioether (sulfide) groups is 1. The molecule has 98 valence electrons. The van der Waals surface area contributed by atoms with Crippen LogP contribution in [-0.2, 0) is 0 Å². The van der Waals surface area contributed by atoms with E-state index in [9.17, 15) is 4.79 Å². The highest BCUT2D eigenvalue weighted by molar-refractivity contribution is 9.10. The number of nitrogens with two attached hydrogens (primary N) is 1. The van der Waals surface area contributed by atoms with Gasteiger partial charge in [-0.2, -0.15) is 11.8 Å². The number of carbonyl (C=O) groups excluding carboxylic acids is 1. The SMILES string of the molecule is Nc1cc(Br)cc(C(=O)NCC2CCCCS2)c1. The summed E-state index contributed by atoms with van der Waals surface area (Å²) in [7, 11) is 0. The molecular formula is C13H17BrN2OS. The molecular weight excluding hydrogens is 312 g/mol. The molecule has 2 rings (SSSR count). The Balaban J connectivity index is 1.90. The number of nitrogens with one attached hydrogen (secondary N) is 1. The maximum atomic E-state index is 12.0. The molecule has 18 heavy (non-hydrogen) atoms. The molecule has 1 aromatic carbocycles. The van der Waals surface area contributed by atoms with Crippen molar-refractivity contribution in [2.45, 2.75) is 24.5 Å². The first kappa shape index (κ1) is 13.7. The number of rotatable bonds is 3. The number of carbonyl (C=O) groups is 1. The van der Waals surface area contributed by atoms with Crippen molar-refractivity contribution in [3.05, 3.63) is 28.2 Å². The molecule has 0 saturated carbocycles. The van der Waals surface area contributed by atoms with E-state index in [0.717, 1.165) is 11.0 Å². The van der Waals surface area contributed by atoms with E-state index in [2.05, 4.69) is 21.2 Å². The Morgan fingerprint density at radius 1 is 1.44 bits per heavy atom. The van der Waals surface area contributed by atoms with Gasteiger partial charge in [-0.15, -0.1) is 0 Å². The van der Waals surface area contributed by atoms with Gasteiger partial charge in [-0.25, -0.2) is 0 Å². The van der Waals surface area contributed by atoms with Crippen LogP contribution >= 0.6 is 27.7 Å². The van der Waals surface area contributed by atoms with Crippen LogP contribution in [0.3, 0.4) is 0 Å². The van der Waals surface area contributed by atoms with E-state index in [1.165, 1.54) is 25.0 Å². The van der Waals surface area contributed by atoms with Gasteiger partial charge in [0.15, 0.2) is 0 Å². The Hall–Kier alpha value is -0.680.